The van der Waals surface area contributed by atoms with Gasteiger partial charge in [0.2, 0.25) is 5.91 Å². The predicted molar refractivity (Wildman–Crippen MR) is 60.8 cm³/mol. The van der Waals surface area contributed by atoms with Crippen molar-refractivity contribution < 1.29 is 9.18 Å². The van der Waals surface area contributed by atoms with Crippen molar-refractivity contribution in [1.82, 2.24) is 5.32 Å². The maximum atomic E-state index is 12.6. The number of hydrogen-bond donors (Lipinski definition) is 1. The van der Waals surface area contributed by atoms with Gasteiger partial charge in [-0.1, -0.05) is 12.1 Å². The lowest BCUT2D eigenvalue weighted by Gasteiger charge is -2.05. The Hall–Kier alpha value is -0.800. The smallest absolute Gasteiger partial charge is 0.226 e. The van der Waals surface area contributed by atoms with Crippen molar-refractivity contribution in [2.75, 3.05) is 0 Å². The minimum Gasteiger partial charge on any atom is -0.352 e. The molecule has 1 amide bonds. The summed E-state index contributed by atoms with van der Waals surface area (Å²) in [5.41, 5.74) is 0.838. The Kier molecular flexibility index (Phi) is 3.08. The normalized spacial score (nSPS) is 21.6. The minimum atomic E-state index is -0.896. The molecule has 0 aliphatic heterocycles. The van der Waals surface area contributed by atoms with E-state index >= 15 is 0 Å². The molecule has 0 aromatic heterocycles. The van der Waals surface area contributed by atoms with Gasteiger partial charge in [0.05, 0.1) is 5.92 Å². The summed E-state index contributed by atoms with van der Waals surface area (Å²) in [5, 5.41) is 2.71. The first-order valence-corrected chi connectivity index (χ1v) is 5.64. The van der Waals surface area contributed by atoms with Gasteiger partial charge in [-0.15, -0.1) is 23.2 Å². The number of hydrogen-bond acceptors (Lipinski definition) is 1. The van der Waals surface area contributed by atoms with Gasteiger partial charge in [-0.2, -0.15) is 0 Å². The van der Waals surface area contributed by atoms with Gasteiger partial charge in [-0.3, -0.25) is 4.79 Å². The van der Waals surface area contributed by atoms with E-state index in [4.69, 9.17) is 23.2 Å². The third kappa shape index (κ3) is 2.66. The zero-order chi connectivity index (χ0) is 11.8. The quantitative estimate of drug-likeness (QED) is 0.833. The molecule has 1 aromatic rings. The number of carbonyl (C=O) groups is 1. The number of alkyl halides is 2. The molecule has 1 N–H and O–H groups in total. The van der Waals surface area contributed by atoms with Gasteiger partial charge in [0.15, 0.2) is 0 Å². The van der Waals surface area contributed by atoms with Crippen LogP contribution >= 0.6 is 23.2 Å². The fraction of sp³-hybridized carbons (Fsp3) is 0.364. The summed E-state index contributed by atoms with van der Waals surface area (Å²) in [6.45, 7) is 0.361. The molecule has 1 fully saturated rings. The second kappa shape index (κ2) is 4.22. The van der Waals surface area contributed by atoms with Gasteiger partial charge in [-0.25, -0.2) is 4.39 Å². The largest absolute Gasteiger partial charge is 0.352 e. The van der Waals surface area contributed by atoms with Gasteiger partial charge in [0.25, 0.3) is 0 Å². The molecule has 0 bridgehead atoms. The van der Waals surface area contributed by atoms with Crippen LogP contribution in [-0.2, 0) is 11.3 Å². The number of carbonyl (C=O) groups excluding carboxylic acids is 1. The highest BCUT2D eigenvalue weighted by atomic mass is 35.5. The predicted octanol–water partition coefficient (Wildman–Crippen LogP) is 2.64. The molecular weight excluding hydrogens is 252 g/mol. The molecule has 0 unspecified atom stereocenters. The van der Waals surface area contributed by atoms with Gasteiger partial charge >= 0.3 is 0 Å². The van der Waals surface area contributed by atoms with E-state index < -0.39 is 4.33 Å². The molecule has 2 nitrogen and oxygen atoms in total. The fourth-order valence-electron chi connectivity index (χ4n) is 1.41. The van der Waals surface area contributed by atoms with Crippen LogP contribution in [0.1, 0.15) is 12.0 Å². The van der Waals surface area contributed by atoms with E-state index in [0.29, 0.717) is 13.0 Å². The highest BCUT2D eigenvalue weighted by Crippen LogP contribution is 2.53. The summed E-state index contributed by atoms with van der Waals surface area (Å²) >= 11 is 11.5. The Labute approximate surface area is 103 Å². The van der Waals surface area contributed by atoms with Crippen LogP contribution in [0.5, 0.6) is 0 Å². The summed E-state index contributed by atoms with van der Waals surface area (Å²) in [6.07, 6.45) is 0.491. The number of nitrogens with one attached hydrogen (secondary N) is 1. The molecule has 1 aliphatic rings. The minimum absolute atomic E-state index is 0.158. The first kappa shape index (κ1) is 11.7. The Morgan fingerprint density at radius 3 is 2.50 bits per heavy atom. The SMILES string of the molecule is O=C(NCc1ccc(F)cc1)[C@@H]1CC1(Cl)Cl. The van der Waals surface area contributed by atoms with Crippen molar-refractivity contribution in [2.45, 2.75) is 17.3 Å². The molecule has 2 rings (SSSR count). The van der Waals surface area contributed by atoms with Crippen molar-refractivity contribution in [1.29, 1.82) is 0 Å². The number of rotatable bonds is 3. The van der Waals surface area contributed by atoms with Crippen LogP contribution in [0, 0.1) is 11.7 Å². The molecule has 86 valence electrons. The van der Waals surface area contributed by atoms with E-state index in [9.17, 15) is 9.18 Å². The second-order valence-corrected chi connectivity index (χ2v) is 5.40. The van der Waals surface area contributed by atoms with Crippen LogP contribution in [0.3, 0.4) is 0 Å². The van der Waals surface area contributed by atoms with Crippen molar-refractivity contribution in [3.8, 4) is 0 Å². The third-order valence-electron chi connectivity index (χ3n) is 2.52. The molecule has 1 aromatic carbocycles. The average molecular weight is 262 g/mol. The topological polar surface area (TPSA) is 29.1 Å². The van der Waals surface area contributed by atoms with Crippen LogP contribution < -0.4 is 5.32 Å². The molecule has 1 saturated carbocycles. The zero-order valence-corrected chi connectivity index (χ0v) is 9.85. The number of halogens is 3. The Morgan fingerprint density at radius 1 is 1.44 bits per heavy atom. The van der Waals surface area contributed by atoms with Gasteiger partial charge in [-0.05, 0) is 24.1 Å². The molecule has 0 saturated heterocycles. The number of amides is 1. The summed E-state index contributed by atoms with van der Waals surface area (Å²) < 4.78 is 11.7. The van der Waals surface area contributed by atoms with E-state index in [2.05, 4.69) is 5.32 Å². The maximum absolute atomic E-state index is 12.6. The van der Waals surface area contributed by atoms with Crippen LogP contribution in [0.25, 0.3) is 0 Å². The Bertz CT molecular complexity index is 405. The molecule has 1 atom stereocenters. The monoisotopic (exact) mass is 261 g/mol. The van der Waals surface area contributed by atoms with Crippen molar-refractivity contribution in [3.63, 3.8) is 0 Å². The lowest BCUT2D eigenvalue weighted by molar-refractivity contribution is -0.122. The summed E-state index contributed by atoms with van der Waals surface area (Å²) in [5.74, 6) is -0.775. The first-order valence-electron chi connectivity index (χ1n) is 4.89. The lowest BCUT2D eigenvalue weighted by Crippen LogP contribution is -2.26. The van der Waals surface area contributed by atoms with Crippen molar-refractivity contribution in [3.05, 3.63) is 35.6 Å². The molecule has 0 radical (unpaired) electrons. The molecule has 1 aliphatic carbocycles. The fourth-order valence-corrected chi connectivity index (χ4v) is 1.92. The van der Waals surface area contributed by atoms with Gasteiger partial charge < -0.3 is 5.32 Å². The highest BCUT2D eigenvalue weighted by Gasteiger charge is 2.56. The van der Waals surface area contributed by atoms with E-state index in [1.165, 1.54) is 12.1 Å². The van der Waals surface area contributed by atoms with Crippen molar-refractivity contribution >= 4 is 29.1 Å². The number of benzene rings is 1. The summed E-state index contributed by atoms with van der Waals surface area (Å²) in [4.78, 5) is 11.5. The van der Waals surface area contributed by atoms with E-state index in [0.717, 1.165) is 5.56 Å². The van der Waals surface area contributed by atoms with Crippen LogP contribution in [0.2, 0.25) is 0 Å². The van der Waals surface area contributed by atoms with E-state index in [1.54, 1.807) is 12.1 Å². The van der Waals surface area contributed by atoms with E-state index in [-0.39, 0.29) is 17.6 Å². The van der Waals surface area contributed by atoms with Gasteiger partial charge in [0.1, 0.15) is 10.2 Å². The van der Waals surface area contributed by atoms with Crippen LogP contribution in [0.15, 0.2) is 24.3 Å². The molecule has 0 heterocycles. The zero-order valence-electron chi connectivity index (χ0n) is 8.34. The second-order valence-electron chi connectivity index (χ2n) is 3.86. The Balaban J connectivity index is 1.84. The summed E-state index contributed by atoms with van der Waals surface area (Å²) in [7, 11) is 0. The summed E-state index contributed by atoms with van der Waals surface area (Å²) in [6, 6.07) is 5.95. The van der Waals surface area contributed by atoms with Gasteiger partial charge in [0, 0.05) is 6.54 Å². The standard InChI is InChI=1S/C11H10Cl2FNO/c12-11(13)5-9(11)10(16)15-6-7-1-3-8(14)4-2-7/h1-4,9H,5-6H2,(H,15,16)/t9-/m0/s1. The molecule has 5 heteroatoms. The molecular formula is C11H10Cl2FNO. The van der Waals surface area contributed by atoms with E-state index in [1.807, 2.05) is 0 Å². The first-order chi connectivity index (χ1) is 7.49. The lowest BCUT2D eigenvalue weighted by atomic mass is 10.2. The van der Waals surface area contributed by atoms with Crippen LogP contribution in [0.4, 0.5) is 4.39 Å². The maximum Gasteiger partial charge on any atom is 0.226 e. The molecule has 16 heavy (non-hydrogen) atoms. The average Bonchev–Trinajstić information content (AvgIpc) is 2.87. The van der Waals surface area contributed by atoms with Crippen molar-refractivity contribution in [2.24, 2.45) is 5.92 Å². The Morgan fingerprint density at radius 2 is 2.00 bits per heavy atom. The molecule has 0 spiro atoms. The highest BCUT2D eigenvalue weighted by molar-refractivity contribution is 6.52. The van der Waals surface area contributed by atoms with Crippen LogP contribution in [-0.4, -0.2) is 10.2 Å². The third-order valence-corrected chi connectivity index (χ3v) is 3.36.